The van der Waals surface area contributed by atoms with Crippen molar-refractivity contribution in [3.8, 4) is 6.07 Å². The van der Waals surface area contributed by atoms with Crippen LogP contribution in [-0.2, 0) is 4.79 Å². The van der Waals surface area contributed by atoms with Gasteiger partial charge in [0, 0.05) is 0 Å². The van der Waals surface area contributed by atoms with Gasteiger partial charge < -0.3 is 5.73 Å². The summed E-state index contributed by atoms with van der Waals surface area (Å²) in [5, 5.41) is 10.2. The van der Waals surface area contributed by atoms with Gasteiger partial charge in [0.1, 0.15) is 6.07 Å². The molecule has 0 aliphatic heterocycles. The van der Waals surface area contributed by atoms with E-state index in [0.717, 1.165) is 11.3 Å². The van der Waals surface area contributed by atoms with Gasteiger partial charge in [-0.3, -0.25) is 9.59 Å². The average molecular weight is 194 g/mol. The number of primary amides is 1. The maximum absolute atomic E-state index is 11.3. The highest BCUT2D eigenvalue weighted by Crippen LogP contribution is 2.17. The van der Waals surface area contributed by atoms with Crippen LogP contribution in [0.1, 0.15) is 21.7 Å². The first-order valence-electron chi connectivity index (χ1n) is 3.44. The second-order valence-corrected chi connectivity index (χ2v) is 3.26. The van der Waals surface area contributed by atoms with E-state index in [1.807, 2.05) is 6.07 Å². The summed E-state index contributed by atoms with van der Waals surface area (Å²) in [7, 11) is 0. The Hall–Kier alpha value is -1.67. The molecule has 2 N–H and O–H groups in total. The molecule has 0 saturated heterocycles. The van der Waals surface area contributed by atoms with Gasteiger partial charge in [-0.15, -0.1) is 11.3 Å². The van der Waals surface area contributed by atoms with E-state index >= 15 is 0 Å². The molecule has 1 heterocycles. The van der Waals surface area contributed by atoms with E-state index in [1.165, 1.54) is 0 Å². The zero-order valence-electron chi connectivity index (χ0n) is 6.61. The third kappa shape index (κ3) is 2.13. The number of rotatable bonds is 3. The summed E-state index contributed by atoms with van der Waals surface area (Å²) in [5.74, 6) is -1.07. The smallest absolute Gasteiger partial charge is 0.225 e. The van der Waals surface area contributed by atoms with Crippen molar-refractivity contribution in [1.82, 2.24) is 0 Å². The number of hydrogen-bond donors (Lipinski definition) is 1. The number of nitrogens with two attached hydrogens (primary N) is 1. The number of hydrogen-bond acceptors (Lipinski definition) is 4. The van der Waals surface area contributed by atoms with Gasteiger partial charge in [0.2, 0.25) is 5.91 Å². The summed E-state index contributed by atoms with van der Waals surface area (Å²) < 4.78 is 0. The van der Waals surface area contributed by atoms with Crippen molar-refractivity contribution in [2.75, 3.05) is 0 Å². The summed E-state index contributed by atoms with van der Waals surface area (Å²) in [6.07, 6.45) is -0.338. The van der Waals surface area contributed by atoms with Crippen LogP contribution in [0.15, 0.2) is 11.4 Å². The predicted molar refractivity (Wildman–Crippen MR) is 47.2 cm³/mol. The number of nitrogens with zero attached hydrogens (tertiary/aromatic N) is 1. The maximum Gasteiger partial charge on any atom is 0.225 e. The van der Waals surface area contributed by atoms with Gasteiger partial charge in [-0.25, -0.2) is 0 Å². The van der Waals surface area contributed by atoms with Crippen LogP contribution in [0.3, 0.4) is 0 Å². The first-order valence-corrected chi connectivity index (χ1v) is 4.32. The van der Waals surface area contributed by atoms with Gasteiger partial charge in [-0.05, 0) is 11.4 Å². The highest BCUT2D eigenvalue weighted by Gasteiger charge is 2.14. The van der Waals surface area contributed by atoms with Crippen molar-refractivity contribution < 1.29 is 9.59 Å². The Morgan fingerprint density at radius 1 is 1.62 bits per heavy atom. The second kappa shape index (κ2) is 3.83. The van der Waals surface area contributed by atoms with Crippen molar-refractivity contribution in [3.63, 3.8) is 0 Å². The molecule has 1 aromatic heterocycles. The standard InChI is InChI=1S/C8H6N2O2S/c9-4-5-1-2-13-8(5)6(11)3-7(10)12/h1-2H,3H2,(H2,10,12). The minimum Gasteiger partial charge on any atom is -0.369 e. The SMILES string of the molecule is N#Cc1ccsc1C(=O)CC(N)=O. The van der Waals surface area contributed by atoms with Gasteiger partial charge in [0.05, 0.1) is 16.9 Å². The number of carbonyl (C=O) groups is 2. The van der Waals surface area contributed by atoms with Crippen LogP contribution in [0.4, 0.5) is 0 Å². The fourth-order valence-electron chi connectivity index (χ4n) is 0.852. The molecule has 1 amide bonds. The molecule has 4 nitrogen and oxygen atoms in total. The third-order valence-corrected chi connectivity index (χ3v) is 2.33. The van der Waals surface area contributed by atoms with E-state index in [2.05, 4.69) is 0 Å². The Labute approximate surface area is 78.6 Å². The fraction of sp³-hybridized carbons (Fsp3) is 0.125. The number of amides is 1. The van der Waals surface area contributed by atoms with Gasteiger partial charge in [0.25, 0.3) is 0 Å². The van der Waals surface area contributed by atoms with Crippen molar-refractivity contribution in [2.45, 2.75) is 6.42 Å². The van der Waals surface area contributed by atoms with Gasteiger partial charge >= 0.3 is 0 Å². The predicted octanol–water partition coefficient (Wildman–Crippen LogP) is 0.678. The molecule has 0 radical (unpaired) electrons. The lowest BCUT2D eigenvalue weighted by Crippen LogP contribution is -2.16. The highest BCUT2D eigenvalue weighted by molar-refractivity contribution is 7.12. The largest absolute Gasteiger partial charge is 0.369 e. The molecule has 1 rings (SSSR count). The van der Waals surface area contributed by atoms with Crippen LogP contribution in [-0.4, -0.2) is 11.7 Å². The molecule has 0 aliphatic rings. The van der Waals surface area contributed by atoms with Crippen molar-refractivity contribution in [1.29, 1.82) is 5.26 Å². The topological polar surface area (TPSA) is 83.9 Å². The number of thiophene rings is 1. The lowest BCUT2D eigenvalue weighted by Gasteiger charge is -1.93. The minimum atomic E-state index is -0.678. The zero-order valence-corrected chi connectivity index (χ0v) is 7.43. The second-order valence-electron chi connectivity index (χ2n) is 2.34. The molecule has 0 saturated carbocycles. The molecule has 0 bridgehead atoms. The third-order valence-electron chi connectivity index (χ3n) is 1.37. The van der Waals surface area contributed by atoms with Crippen LogP contribution in [0.2, 0.25) is 0 Å². The lowest BCUT2D eigenvalue weighted by atomic mass is 10.2. The van der Waals surface area contributed by atoms with E-state index in [-0.39, 0.29) is 12.2 Å². The fourth-order valence-corrected chi connectivity index (χ4v) is 1.64. The van der Waals surface area contributed by atoms with E-state index in [0.29, 0.717) is 10.4 Å². The summed E-state index contributed by atoms with van der Waals surface area (Å²) in [4.78, 5) is 22.0. The van der Waals surface area contributed by atoms with Crippen LogP contribution in [0.5, 0.6) is 0 Å². The van der Waals surface area contributed by atoms with Crippen molar-refractivity contribution in [2.24, 2.45) is 5.73 Å². The summed E-state index contributed by atoms with van der Waals surface area (Å²) in [6, 6.07) is 3.41. The molecule has 5 heteroatoms. The maximum atomic E-state index is 11.3. The lowest BCUT2D eigenvalue weighted by molar-refractivity contribution is -0.117. The number of carbonyl (C=O) groups excluding carboxylic acids is 2. The molecule has 0 spiro atoms. The normalized spacial score (nSPS) is 9.15. The molecule has 0 aliphatic carbocycles. The number of Topliss-reactive ketones (excluding diaryl/α,β-unsaturated/α-hetero) is 1. The van der Waals surface area contributed by atoms with Crippen LogP contribution in [0, 0.1) is 11.3 Å². The molecule has 0 atom stereocenters. The minimum absolute atomic E-state index is 0.302. The first kappa shape index (κ1) is 9.42. The molecular formula is C8H6N2O2S. The van der Waals surface area contributed by atoms with Crippen molar-refractivity contribution in [3.05, 3.63) is 21.9 Å². The number of nitriles is 1. The molecular weight excluding hydrogens is 188 g/mol. The average Bonchev–Trinajstić information content (AvgIpc) is 2.49. The summed E-state index contributed by atoms with van der Waals surface area (Å²) in [6.45, 7) is 0. The van der Waals surface area contributed by atoms with E-state index in [1.54, 1.807) is 11.4 Å². The molecule has 0 aromatic carbocycles. The molecule has 1 aromatic rings. The highest BCUT2D eigenvalue weighted by atomic mass is 32.1. The zero-order chi connectivity index (χ0) is 9.84. The van der Waals surface area contributed by atoms with Gasteiger partial charge in [-0.1, -0.05) is 0 Å². The quantitative estimate of drug-likeness (QED) is 0.567. The Kier molecular flexibility index (Phi) is 2.77. The van der Waals surface area contributed by atoms with E-state index < -0.39 is 5.91 Å². The van der Waals surface area contributed by atoms with E-state index in [9.17, 15) is 9.59 Å². The molecule has 0 fully saturated rings. The Bertz CT molecular complexity index is 389. The first-order chi connectivity index (χ1) is 6.15. The van der Waals surface area contributed by atoms with Crippen LogP contribution < -0.4 is 5.73 Å². The van der Waals surface area contributed by atoms with Gasteiger partial charge in [-0.2, -0.15) is 5.26 Å². The van der Waals surface area contributed by atoms with Gasteiger partial charge in [0.15, 0.2) is 5.78 Å². The van der Waals surface area contributed by atoms with Crippen LogP contribution in [0.25, 0.3) is 0 Å². The Balaban J connectivity index is 2.90. The Morgan fingerprint density at radius 3 is 2.85 bits per heavy atom. The van der Waals surface area contributed by atoms with Crippen molar-refractivity contribution >= 4 is 23.0 Å². The number of ketones is 1. The Morgan fingerprint density at radius 2 is 2.31 bits per heavy atom. The van der Waals surface area contributed by atoms with Crippen LogP contribution >= 0.6 is 11.3 Å². The van der Waals surface area contributed by atoms with E-state index in [4.69, 9.17) is 11.0 Å². The molecule has 13 heavy (non-hydrogen) atoms. The molecule has 66 valence electrons. The molecule has 0 unspecified atom stereocenters. The monoisotopic (exact) mass is 194 g/mol. The summed E-state index contributed by atoms with van der Waals surface area (Å²) in [5.41, 5.74) is 5.16. The summed E-state index contributed by atoms with van der Waals surface area (Å²) >= 11 is 1.14.